The predicted octanol–water partition coefficient (Wildman–Crippen LogP) is 2.79. The molecule has 1 aromatic rings. The second-order valence-corrected chi connectivity index (χ2v) is 3.58. The third kappa shape index (κ3) is 1.74. The third-order valence-electron chi connectivity index (χ3n) is 2.47. The molecule has 2 heteroatoms. The fourth-order valence-electron chi connectivity index (χ4n) is 1.31. The summed E-state index contributed by atoms with van der Waals surface area (Å²) in [6, 6.07) is 7.78. The second-order valence-electron chi connectivity index (χ2n) is 3.58. The fraction of sp³-hybridized carbons (Fsp3) is 0.333. The lowest BCUT2D eigenvalue weighted by molar-refractivity contribution is 0.282. The molecule has 0 unspecified atom stereocenters. The van der Waals surface area contributed by atoms with E-state index in [1.165, 1.54) is 11.1 Å². The summed E-state index contributed by atoms with van der Waals surface area (Å²) in [4.78, 5) is 0. The lowest BCUT2D eigenvalue weighted by atomic mass is 10.1. The van der Waals surface area contributed by atoms with Crippen molar-refractivity contribution in [3.63, 3.8) is 0 Å². The summed E-state index contributed by atoms with van der Waals surface area (Å²) in [5.41, 5.74) is 2.50. The smallest absolute Gasteiger partial charge is 0.161 e. The van der Waals surface area contributed by atoms with E-state index in [4.69, 9.17) is 9.47 Å². The van der Waals surface area contributed by atoms with Crippen LogP contribution in [-0.2, 0) is 0 Å². The summed E-state index contributed by atoms with van der Waals surface area (Å²) in [6.07, 6.45) is 0. The third-order valence-corrected chi connectivity index (χ3v) is 2.47. The summed E-state index contributed by atoms with van der Waals surface area (Å²) in [5.74, 6) is 1.67. The van der Waals surface area contributed by atoms with Gasteiger partial charge in [0.15, 0.2) is 11.5 Å². The molecular formula is C12H14O2. The van der Waals surface area contributed by atoms with Gasteiger partial charge < -0.3 is 9.47 Å². The van der Waals surface area contributed by atoms with Gasteiger partial charge in [-0.2, -0.15) is 0 Å². The molecule has 2 rings (SSSR count). The van der Waals surface area contributed by atoms with Crippen LogP contribution >= 0.6 is 0 Å². The number of fused-ring (bicyclic) bond motifs is 1. The quantitative estimate of drug-likeness (QED) is 0.586. The minimum atomic E-state index is 0.659. The van der Waals surface area contributed by atoms with E-state index < -0.39 is 0 Å². The summed E-state index contributed by atoms with van der Waals surface area (Å²) < 4.78 is 11.3. The first-order valence-electron chi connectivity index (χ1n) is 4.77. The second kappa shape index (κ2) is 3.74. The zero-order chi connectivity index (χ0) is 9.97. The standard InChI is InChI=1S/C12H14O2/c1-9-7-13-11-5-3-4-6-12(11)14-8-10(9)2/h3-6H,7-8H2,1-2H3/b10-9-. The molecule has 0 saturated carbocycles. The van der Waals surface area contributed by atoms with Crippen LogP contribution in [0.3, 0.4) is 0 Å². The summed E-state index contributed by atoms with van der Waals surface area (Å²) in [7, 11) is 0. The molecule has 1 aliphatic heterocycles. The number of rotatable bonds is 0. The van der Waals surface area contributed by atoms with Crippen LogP contribution in [0.2, 0.25) is 0 Å². The van der Waals surface area contributed by atoms with Crippen LogP contribution in [0.4, 0.5) is 0 Å². The lowest BCUT2D eigenvalue weighted by Crippen LogP contribution is -2.10. The van der Waals surface area contributed by atoms with Crippen molar-refractivity contribution in [3.05, 3.63) is 35.4 Å². The van der Waals surface area contributed by atoms with Crippen LogP contribution in [0.1, 0.15) is 13.8 Å². The Morgan fingerprint density at radius 2 is 1.29 bits per heavy atom. The maximum atomic E-state index is 5.63. The van der Waals surface area contributed by atoms with Crippen LogP contribution in [0.5, 0.6) is 11.5 Å². The molecule has 0 atom stereocenters. The molecule has 2 nitrogen and oxygen atoms in total. The van der Waals surface area contributed by atoms with Crippen molar-refractivity contribution in [1.82, 2.24) is 0 Å². The highest BCUT2D eigenvalue weighted by Crippen LogP contribution is 2.28. The van der Waals surface area contributed by atoms with Crippen LogP contribution < -0.4 is 9.47 Å². The first kappa shape index (κ1) is 9.13. The molecule has 0 N–H and O–H groups in total. The molecule has 0 fully saturated rings. The van der Waals surface area contributed by atoms with Gasteiger partial charge >= 0.3 is 0 Å². The summed E-state index contributed by atoms with van der Waals surface area (Å²) in [6.45, 7) is 5.47. The van der Waals surface area contributed by atoms with Crippen LogP contribution in [-0.4, -0.2) is 13.2 Å². The molecule has 0 radical (unpaired) electrons. The van der Waals surface area contributed by atoms with Gasteiger partial charge in [0.05, 0.1) is 0 Å². The fourth-order valence-corrected chi connectivity index (χ4v) is 1.31. The average molecular weight is 190 g/mol. The zero-order valence-corrected chi connectivity index (χ0v) is 8.54. The van der Waals surface area contributed by atoms with Crippen molar-refractivity contribution in [2.75, 3.05) is 13.2 Å². The van der Waals surface area contributed by atoms with Crippen LogP contribution in [0.15, 0.2) is 35.4 Å². The van der Waals surface area contributed by atoms with Gasteiger partial charge in [-0.05, 0) is 37.1 Å². The summed E-state index contributed by atoms with van der Waals surface area (Å²) >= 11 is 0. The predicted molar refractivity (Wildman–Crippen MR) is 55.8 cm³/mol. The van der Waals surface area contributed by atoms with E-state index >= 15 is 0 Å². The van der Waals surface area contributed by atoms with E-state index in [0.717, 1.165) is 11.5 Å². The normalized spacial score (nSPS) is 21.3. The monoisotopic (exact) mass is 190 g/mol. The molecule has 74 valence electrons. The molecule has 1 heterocycles. The Bertz CT molecular complexity index is 331. The number of ether oxygens (including phenoxy) is 2. The van der Waals surface area contributed by atoms with E-state index in [0.29, 0.717) is 13.2 Å². The highest BCUT2D eigenvalue weighted by Gasteiger charge is 2.09. The molecule has 1 aliphatic rings. The van der Waals surface area contributed by atoms with Crippen molar-refractivity contribution < 1.29 is 9.47 Å². The Morgan fingerprint density at radius 1 is 0.857 bits per heavy atom. The molecule has 0 amide bonds. The Kier molecular flexibility index (Phi) is 2.44. The van der Waals surface area contributed by atoms with E-state index in [2.05, 4.69) is 13.8 Å². The minimum Gasteiger partial charge on any atom is -0.485 e. The molecule has 0 saturated heterocycles. The first-order valence-corrected chi connectivity index (χ1v) is 4.77. The number of hydrogen-bond donors (Lipinski definition) is 0. The van der Waals surface area contributed by atoms with E-state index in [1.807, 2.05) is 24.3 Å². The maximum absolute atomic E-state index is 5.63. The van der Waals surface area contributed by atoms with Gasteiger partial charge in [-0.25, -0.2) is 0 Å². The molecule has 0 bridgehead atoms. The largest absolute Gasteiger partial charge is 0.485 e. The van der Waals surface area contributed by atoms with Gasteiger partial charge in [-0.3, -0.25) is 0 Å². The molecular weight excluding hydrogens is 176 g/mol. The molecule has 0 aliphatic carbocycles. The molecule has 0 spiro atoms. The van der Waals surface area contributed by atoms with Crippen LogP contribution in [0, 0.1) is 0 Å². The van der Waals surface area contributed by atoms with E-state index in [-0.39, 0.29) is 0 Å². The molecule has 14 heavy (non-hydrogen) atoms. The Hall–Kier alpha value is -1.44. The average Bonchev–Trinajstić information content (AvgIpc) is 2.21. The Labute approximate surface area is 84.2 Å². The Balaban J connectivity index is 2.28. The van der Waals surface area contributed by atoms with Gasteiger partial charge in [-0.15, -0.1) is 0 Å². The lowest BCUT2D eigenvalue weighted by Gasteiger charge is -2.18. The van der Waals surface area contributed by atoms with Gasteiger partial charge in [-0.1, -0.05) is 12.1 Å². The number of para-hydroxylation sites is 2. The van der Waals surface area contributed by atoms with Crippen molar-refractivity contribution >= 4 is 0 Å². The van der Waals surface area contributed by atoms with Crippen LogP contribution in [0.25, 0.3) is 0 Å². The van der Waals surface area contributed by atoms with E-state index in [1.54, 1.807) is 0 Å². The van der Waals surface area contributed by atoms with Gasteiger partial charge in [0.2, 0.25) is 0 Å². The van der Waals surface area contributed by atoms with Gasteiger partial charge in [0.1, 0.15) is 13.2 Å². The minimum absolute atomic E-state index is 0.659. The van der Waals surface area contributed by atoms with E-state index in [9.17, 15) is 0 Å². The van der Waals surface area contributed by atoms with Gasteiger partial charge in [0, 0.05) is 0 Å². The molecule has 1 aromatic carbocycles. The Morgan fingerprint density at radius 3 is 1.71 bits per heavy atom. The summed E-state index contributed by atoms with van der Waals surface area (Å²) in [5, 5.41) is 0. The van der Waals surface area contributed by atoms with Crippen molar-refractivity contribution in [3.8, 4) is 11.5 Å². The first-order chi connectivity index (χ1) is 6.77. The zero-order valence-electron chi connectivity index (χ0n) is 8.54. The topological polar surface area (TPSA) is 18.5 Å². The van der Waals surface area contributed by atoms with Crippen molar-refractivity contribution in [2.24, 2.45) is 0 Å². The maximum Gasteiger partial charge on any atom is 0.161 e. The number of benzene rings is 1. The van der Waals surface area contributed by atoms with Crippen molar-refractivity contribution in [1.29, 1.82) is 0 Å². The van der Waals surface area contributed by atoms with Crippen molar-refractivity contribution in [2.45, 2.75) is 13.8 Å². The van der Waals surface area contributed by atoms with Gasteiger partial charge in [0.25, 0.3) is 0 Å². The highest BCUT2D eigenvalue weighted by atomic mass is 16.5. The SMILES string of the molecule is C/C1=C(\C)COc2ccccc2OC1. The molecule has 0 aromatic heterocycles. The highest BCUT2D eigenvalue weighted by molar-refractivity contribution is 5.40. The number of hydrogen-bond acceptors (Lipinski definition) is 2.